The Hall–Kier alpha value is -2.34. The molecule has 0 spiro atoms. The van der Waals surface area contributed by atoms with E-state index in [1.165, 1.54) is 17.0 Å². The van der Waals surface area contributed by atoms with Gasteiger partial charge in [-0.05, 0) is 54.6 Å². The van der Waals surface area contributed by atoms with Gasteiger partial charge in [-0.3, -0.25) is 9.59 Å². The second-order valence-corrected chi connectivity index (χ2v) is 6.75. The highest BCUT2D eigenvalue weighted by atomic mass is 32.2. The van der Waals surface area contributed by atoms with Gasteiger partial charge in [-0.25, -0.2) is 4.39 Å². The number of rotatable bonds is 5. The second-order valence-electron chi connectivity index (χ2n) is 5.87. The number of anilines is 1. The molecule has 4 nitrogen and oxygen atoms in total. The van der Waals surface area contributed by atoms with Gasteiger partial charge in [0.2, 0.25) is 11.8 Å². The van der Waals surface area contributed by atoms with E-state index in [2.05, 4.69) is 5.32 Å². The lowest BCUT2D eigenvalue weighted by molar-refractivity contribution is -0.132. The highest BCUT2D eigenvalue weighted by Gasteiger charge is 2.37. The average molecular weight is 358 g/mol. The molecule has 1 aliphatic rings. The molecule has 25 heavy (non-hydrogen) atoms. The molecule has 2 aromatic carbocycles. The minimum atomic E-state index is -0.685. The number of benzene rings is 2. The van der Waals surface area contributed by atoms with Crippen LogP contribution in [0.1, 0.15) is 12.0 Å². The van der Waals surface area contributed by atoms with E-state index in [4.69, 9.17) is 0 Å². The van der Waals surface area contributed by atoms with Crippen molar-refractivity contribution >= 4 is 29.3 Å². The van der Waals surface area contributed by atoms with Crippen molar-refractivity contribution in [2.45, 2.75) is 17.9 Å². The molecule has 130 valence electrons. The van der Waals surface area contributed by atoms with E-state index in [0.29, 0.717) is 25.2 Å². The Morgan fingerprint density at radius 3 is 2.52 bits per heavy atom. The van der Waals surface area contributed by atoms with Crippen molar-refractivity contribution in [3.8, 4) is 0 Å². The summed E-state index contributed by atoms with van der Waals surface area (Å²) >= 11 is 1.66. The molecule has 3 rings (SSSR count). The Labute approximate surface area is 150 Å². The smallest absolute Gasteiger partial charge is 0.239 e. The normalized spacial score (nSPS) is 17.0. The van der Waals surface area contributed by atoms with E-state index in [1.807, 2.05) is 30.5 Å². The van der Waals surface area contributed by atoms with E-state index in [0.717, 1.165) is 10.5 Å². The summed E-state index contributed by atoms with van der Waals surface area (Å²) in [5.41, 5.74) is 1.61. The average Bonchev–Trinajstić information content (AvgIpc) is 3.02. The zero-order valence-electron chi connectivity index (χ0n) is 13.9. The number of amides is 2. The standard InChI is InChI=1S/C19H19FN2O2S/c1-25-16-8-2-13(3-9-16)12-21-18(23)17-10-11-22(19(17)24)15-6-4-14(20)5-7-15/h2-9,17H,10-12H2,1H3,(H,21,23)/t17-/m1/s1. The fraction of sp³-hybridized carbons (Fsp3) is 0.263. The SMILES string of the molecule is CSc1ccc(CNC(=O)[C@H]2CCN(c3ccc(F)cc3)C2=O)cc1. The third kappa shape index (κ3) is 4.02. The van der Waals surface area contributed by atoms with Crippen LogP contribution in [0, 0.1) is 11.7 Å². The Morgan fingerprint density at radius 2 is 1.88 bits per heavy atom. The van der Waals surface area contributed by atoms with Crippen LogP contribution >= 0.6 is 11.8 Å². The number of hydrogen-bond donors (Lipinski definition) is 1. The molecule has 6 heteroatoms. The van der Waals surface area contributed by atoms with Gasteiger partial charge < -0.3 is 10.2 Å². The van der Waals surface area contributed by atoms with Crippen molar-refractivity contribution < 1.29 is 14.0 Å². The predicted octanol–water partition coefficient (Wildman–Crippen LogP) is 3.22. The van der Waals surface area contributed by atoms with Gasteiger partial charge >= 0.3 is 0 Å². The van der Waals surface area contributed by atoms with Crippen molar-refractivity contribution in [3.63, 3.8) is 0 Å². The number of thioether (sulfide) groups is 1. The first-order valence-corrected chi connectivity index (χ1v) is 9.28. The maximum absolute atomic E-state index is 13.0. The first kappa shape index (κ1) is 17.5. The van der Waals surface area contributed by atoms with E-state index in [-0.39, 0.29) is 17.6 Å². The lowest BCUT2D eigenvalue weighted by Crippen LogP contribution is -2.36. The maximum Gasteiger partial charge on any atom is 0.239 e. The summed E-state index contributed by atoms with van der Waals surface area (Å²) in [6, 6.07) is 13.7. The van der Waals surface area contributed by atoms with Crippen LogP contribution in [-0.4, -0.2) is 24.6 Å². The van der Waals surface area contributed by atoms with Crippen LogP contribution < -0.4 is 10.2 Å². The summed E-state index contributed by atoms with van der Waals surface area (Å²) in [5.74, 6) is -1.53. The van der Waals surface area contributed by atoms with Crippen molar-refractivity contribution in [1.29, 1.82) is 0 Å². The number of nitrogens with zero attached hydrogens (tertiary/aromatic N) is 1. The topological polar surface area (TPSA) is 49.4 Å². The van der Waals surface area contributed by atoms with Crippen LogP contribution in [0.4, 0.5) is 10.1 Å². The Bertz CT molecular complexity index is 762. The van der Waals surface area contributed by atoms with E-state index in [9.17, 15) is 14.0 Å². The first-order valence-electron chi connectivity index (χ1n) is 8.06. The van der Waals surface area contributed by atoms with Crippen LogP contribution in [0.3, 0.4) is 0 Å². The maximum atomic E-state index is 13.0. The molecule has 1 heterocycles. The van der Waals surface area contributed by atoms with Crippen molar-refractivity contribution in [1.82, 2.24) is 5.32 Å². The Morgan fingerprint density at radius 1 is 1.20 bits per heavy atom. The van der Waals surface area contributed by atoms with E-state index < -0.39 is 5.92 Å². The Kier molecular flexibility index (Phi) is 5.38. The number of carbonyl (C=O) groups is 2. The van der Waals surface area contributed by atoms with Crippen LogP contribution in [0.25, 0.3) is 0 Å². The largest absolute Gasteiger partial charge is 0.351 e. The monoisotopic (exact) mass is 358 g/mol. The first-order chi connectivity index (χ1) is 12.1. The van der Waals surface area contributed by atoms with Crippen LogP contribution in [0.15, 0.2) is 53.4 Å². The lowest BCUT2D eigenvalue weighted by Gasteiger charge is -2.16. The predicted molar refractivity (Wildman–Crippen MR) is 96.9 cm³/mol. The van der Waals surface area contributed by atoms with Crippen LogP contribution in [0.2, 0.25) is 0 Å². The lowest BCUT2D eigenvalue weighted by atomic mass is 10.1. The molecule has 2 aromatic rings. The molecule has 0 aromatic heterocycles. The van der Waals surface area contributed by atoms with Crippen molar-refractivity contribution in [3.05, 3.63) is 59.9 Å². The van der Waals surface area contributed by atoms with Gasteiger partial charge in [0.25, 0.3) is 0 Å². The molecular formula is C19H19FN2O2S. The van der Waals surface area contributed by atoms with Gasteiger partial charge in [-0.15, -0.1) is 11.8 Å². The molecule has 0 saturated carbocycles. The molecule has 1 saturated heterocycles. The highest BCUT2D eigenvalue weighted by Crippen LogP contribution is 2.25. The molecule has 2 amide bonds. The molecule has 0 bridgehead atoms. The van der Waals surface area contributed by atoms with Crippen LogP contribution in [0.5, 0.6) is 0 Å². The summed E-state index contributed by atoms with van der Waals surface area (Å²) in [7, 11) is 0. The summed E-state index contributed by atoms with van der Waals surface area (Å²) < 4.78 is 13.0. The Balaban J connectivity index is 1.59. The molecule has 0 aliphatic carbocycles. The van der Waals surface area contributed by atoms with Gasteiger partial charge in [0.05, 0.1) is 0 Å². The minimum Gasteiger partial charge on any atom is -0.351 e. The molecular weight excluding hydrogens is 339 g/mol. The van der Waals surface area contributed by atoms with Crippen molar-refractivity contribution in [2.24, 2.45) is 5.92 Å². The van der Waals surface area contributed by atoms with Gasteiger partial charge in [0, 0.05) is 23.7 Å². The fourth-order valence-corrected chi connectivity index (χ4v) is 3.26. The second kappa shape index (κ2) is 7.70. The third-order valence-corrected chi connectivity index (χ3v) is 5.03. The fourth-order valence-electron chi connectivity index (χ4n) is 2.86. The van der Waals surface area contributed by atoms with Gasteiger partial charge in [0.1, 0.15) is 11.7 Å². The zero-order valence-corrected chi connectivity index (χ0v) is 14.7. The minimum absolute atomic E-state index is 0.234. The number of hydrogen-bond acceptors (Lipinski definition) is 3. The molecule has 0 radical (unpaired) electrons. The summed E-state index contributed by atoms with van der Waals surface area (Å²) in [5, 5.41) is 2.84. The highest BCUT2D eigenvalue weighted by molar-refractivity contribution is 7.98. The molecule has 0 unspecified atom stereocenters. The number of carbonyl (C=O) groups excluding carboxylic acids is 2. The van der Waals surface area contributed by atoms with E-state index >= 15 is 0 Å². The van der Waals surface area contributed by atoms with E-state index in [1.54, 1.807) is 23.9 Å². The molecule has 1 atom stereocenters. The molecule has 1 fully saturated rings. The van der Waals surface area contributed by atoms with Gasteiger partial charge in [-0.1, -0.05) is 12.1 Å². The van der Waals surface area contributed by atoms with Gasteiger partial charge in [-0.2, -0.15) is 0 Å². The van der Waals surface area contributed by atoms with Gasteiger partial charge in [0.15, 0.2) is 0 Å². The molecule has 1 N–H and O–H groups in total. The molecule has 1 aliphatic heterocycles. The van der Waals surface area contributed by atoms with Crippen LogP contribution in [-0.2, 0) is 16.1 Å². The quantitative estimate of drug-likeness (QED) is 0.660. The summed E-state index contributed by atoms with van der Waals surface area (Å²) in [6.07, 6.45) is 2.48. The zero-order chi connectivity index (χ0) is 17.8. The number of nitrogens with one attached hydrogen (secondary N) is 1. The third-order valence-electron chi connectivity index (χ3n) is 4.29. The number of halogens is 1. The van der Waals surface area contributed by atoms with Crippen molar-refractivity contribution in [2.75, 3.05) is 17.7 Å². The summed E-state index contributed by atoms with van der Waals surface area (Å²) in [6.45, 7) is 0.860. The summed E-state index contributed by atoms with van der Waals surface area (Å²) in [4.78, 5) is 27.6.